The lowest BCUT2D eigenvalue weighted by molar-refractivity contribution is -0.117. The quantitative estimate of drug-likeness (QED) is 0.530. The Hall–Kier alpha value is -3.08. The standard InChI is InChI=1S/C24H28N2O3/c1-15(2)19-8-6-7-9-22(19)29-23-11-10-18(13-24(23)28-5)20(12-16(3)27)21-14-25-26-17(21)4/h6-11,13-15,20H,12H2,1-5H3,(H,25,26). The summed E-state index contributed by atoms with van der Waals surface area (Å²) in [7, 11) is 1.63. The first-order valence-electron chi connectivity index (χ1n) is 9.85. The third kappa shape index (κ3) is 4.67. The van der Waals surface area contributed by atoms with E-state index in [0.29, 0.717) is 23.8 Å². The van der Waals surface area contributed by atoms with Crippen molar-refractivity contribution in [1.29, 1.82) is 0 Å². The van der Waals surface area contributed by atoms with Crippen LogP contribution in [0.2, 0.25) is 0 Å². The lowest BCUT2D eigenvalue weighted by Crippen LogP contribution is -2.07. The summed E-state index contributed by atoms with van der Waals surface area (Å²) in [5.41, 5.74) is 4.04. The van der Waals surface area contributed by atoms with E-state index in [2.05, 4.69) is 30.1 Å². The first kappa shape index (κ1) is 20.6. The van der Waals surface area contributed by atoms with E-state index in [0.717, 1.165) is 28.1 Å². The number of aromatic amines is 1. The molecule has 152 valence electrons. The zero-order valence-electron chi connectivity index (χ0n) is 17.7. The number of carbonyl (C=O) groups is 1. The third-order valence-corrected chi connectivity index (χ3v) is 5.09. The number of Topliss-reactive ketones (excluding diaryl/α,β-unsaturated/α-hetero) is 1. The molecule has 0 bridgehead atoms. The fourth-order valence-corrected chi connectivity index (χ4v) is 3.57. The van der Waals surface area contributed by atoms with E-state index < -0.39 is 0 Å². The van der Waals surface area contributed by atoms with Crippen LogP contribution in [-0.4, -0.2) is 23.1 Å². The molecule has 1 unspecified atom stereocenters. The SMILES string of the molecule is COc1cc(C(CC(C)=O)c2c[nH]nc2C)ccc1Oc1ccccc1C(C)C. The summed E-state index contributed by atoms with van der Waals surface area (Å²) in [5.74, 6) is 2.49. The summed E-state index contributed by atoms with van der Waals surface area (Å²) >= 11 is 0. The molecular formula is C24H28N2O3. The molecule has 29 heavy (non-hydrogen) atoms. The maximum Gasteiger partial charge on any atom is 0.169 e. The van der Waals surface area contributed by atoms with Crippen molar-refractivity contribution in [2.45, 2.75) is 46.0 Å². The van der Waals surface area contributed by atoms with Crippen LogP contribution < -0.4 is 9.47 Å². The molecule has 0 saturated heterocycles. The molecule has 0 aliphatic rings. The van der Waals surface area contributed by atoms with Crippen molar-refractivity contribution >= 4 is 5.78 Å². The van der Waals surface area contributed by atoms with Crippen LogP contribution in [0.3, 0.4) is 0 Å². The van der Waals surface area contributed by atoms with Crippen LogP contribution in [0.5, 0.6) is 17.2 Å². The number of methoxy groups -OCH3 is 1. The average molecular weight is 392 g/mol. The van der Waals surface area contributed by atoms with Crippen LogP contribution in [-0.2, 0) is 4.79 Å². The second-order valence-corrected chi connectivity index (χ2v) is 7.59. The van der Waals surface area contributed by atoms with Gasteiger partial charge in [-0.05, 0) is 49.1 Å². The number of ether oxygens (including phenoxy) is 2. The number of aromatic nitrogens is 2. The molecular weight excluding hydrogens is 364 g/mol. The van der Waals surface area contributed by atoms with E-state index in [-0.39, 0.29) is 11.7 Å². The smallest absolute Gasteiger partial charge is 0.169 e. The van der Waals surface area contributed by atoms with Gasteiger partial charge < -0.3 is 9.47 Å². The van der Waals surface area contributed by atoms with Crippen LogP contribution >= 0.6 is 0 Å². The number of nitrogens with zero attached hydrogens (tertiary/aromatic N) is 1. The summed E-state index contributed by atoms with van der Waals surface area (Å²) in [6.45, 7) is 7.83. The molecule has 0 aliphatic carbocycles. The summed E-state index contributed by atoms with van der Waals surface area (Å²) in [4.78, 5) is 11.9. The molecule has 1 heterocycles. The van der Waals surface area contributed by atoms with Gasteiger partial charge in [-0.25, -0.2) is 0 Å². The highest BCUT2D eigenvalue weighted by atomic mass is 16.5. The number of H-pyrrole nitrogens is 1. The molecule has 0 radical (unpaired) electrons. The Balaban J connectivity index is 1.98. The molecule has 5 heteroatoms. The van der Waals surface area contributed by atoms with Gasteiger partial charge in [-0.2, -0.15) is 5.10 Å². The number of hydrogen-bond donors (Lipinski definition) is 1. The maximum absolute atomic E-state index is 11.9. The van der Waals surface area contributed by atoms with E-state index in [1.54, 1.807) is 14.0 Å². The first-order chi connectivity index (χ1) is 13.9. The zero-order chi connectivity index (χ0) is 21.0. The highest BCUT2D eigenvalue weighted by Gasteiger charge is 2.22. The number of aryl methyl sites for hydroxylation is 1. The van der Waals surface area contributed by atoms with Gasteiger partial charge in [-0.3, -0.25) is 9.89 Å². The second kappa shape index (κ2) is 8.95. The van der Waals surface area contributed by atoms with Crippen LogP contribution in [0.15, 0.2) is 48.7 Å². The number of rotatable bonds is 8. The lowest BCUT2D eigenvalue weighted by Gasteiger charge is -2.19. The third-order valence-electron chi connectivity index (χ3n) is 5.09. The highest BCUT2D eigenvalue weighted by molar-refractivity contribution is 5.77. The van der Waals surface area contributed by atoms with Gasteiger partial charge in [0.15, 0.2) is 11.5 Å². The Bertz CT molecular complexity index is 991. The Morgan fingerprint density at radius 1 is 1.07 bits per heavy atom. The minimum absolute atomic E-state index is 0.0860. The lowest BCUT2D eigenvalue weighted by atomic mass is 9.87. The molecule has 1 aromatic heterocycles. The van der Waals surface area contributed by atoms with Crippen LogP contribution in [0.4, 0.5) is 0 Å². The number of hydrogen-bond acceptors (Lipinski definition) is 4. The summed E-state index contributed by atoms with van der Waals surface area (Å²) < 4.78 is 11.8. The molecule has 1 N–H and O–H groups in total. The highest BCUT2D eigenvalue weighted by Crippen LogP contribution is 2.39. The molecule has 1 atom stereocenters. The molecule has 2 aromatic carbocycles. The monoisotopic (exact) mass is 392 g/mol. The van der Waals surface area contributed by atoms with E-state index >= 15 is 0 Å². The molecule has 5 nitrogen and oxygen atoms in total. The van der Waals surface area contributed by atoms with E-state index in [1.165, 1.54) is 0 Å². The predicted octanol–water partition coefficient (Wildman–Crippen LogP) is 5.75. The van der Waals surface area contributed by atoms with Crippen molar-refractivity contribution in [3.05, 3.63) is 71.0 Å². The molecule has 0 saturated carbocycles. The molecule has 0 fully saturated rings. The Labute approximate surface area is 172 Å². The Morgan fingerprint density at radius 3 is 2.45 bits per heavy atom. The Morgan fingerprint density at radius 2 is 1.83 bits per heavy atom. The fourth-order valence-electron chi connectivity index (χ4n) is 3.57. The predicted molar refractivity (Wildman–Crippen MR) is 114 cm³/mol. The van der Waals surface area contributed by atoms with Gasteiger partial charge in [0.05, 0.1) is 12.8 Å². The number of ketones is 1. The minimum Gasteiger partial charge on any atom is -0.493 e. The largest absolute Gasteiger partial charge is 0.493 e. The first-order valence-corrected chi connectivity index (χ1v) is 9.85. The van der Waals surface area contributed by atoms with E-state index in [1.807, 2.05) is 49.5 Å². The van der Waals surface area contributed by atoms with Crippen molar-refractivity contribution in [2.24, 2.45) is 0 Å². The van der Waals surface area contributed by atoms with E-state index in [9.17, 15) is 4.79 Å². The summed E-state index contributed by atoms with van der Waals surface area (Å²) in [5, 5.41) is 7.11. The Kier molecular flexibility index (Phi) is 6.37. The molecule has 0 amide bonds. The molecule has 0 aliphatic heterocycles. The number of nitrogens with one attached hydrogen (secondary N) is 1. The van der Waals surface area contributed by atoms with E-state index in [4.69, 9.17) is 9.47 Å². The fraction of sp³-hybridized carbons (Fsp3) is 0.333. The van der Waals surface area contributed by atoms with Gasteiger partial charge in [-0.1, -0.05) is 38.1 Å². The van der Waals surface area contributed by atoms with Gasteiger partial charge >= 0.3 is 0 Å². The number of carbonyl (C=O) groups excluding carboxylic acids is 1. The maximum atomic E-state index is 11.9. The number of benzene rings is 2. The molecule has 3 aromatic rings. The van der Waals surface area contributed by atoms with Crippen LogP contribution in [0.1, 0.15) is 61.4 Å². The van der Waals surface area contributed by atoms with Gasteiger partial charge in [-0.15, -0.1) is 0 Å². The summed E-state index contributed by atoms with van der Waals surface area (Å²) in [6.07, 6.45) is 2.26. The topological polar surface area (TPSA) is 64.2 Å². The van der Waals surface area contributed by atoms with Crippen molar-refractivity contribution in [3.63, 3.8) is 0 Å². The number of para-hydroxylation sites is 1. The van der Waals surface area contributed by atoms with Crippen molar-refractivity contribution in [3.8, 4) is 17.2 Å². The average Bonchev–Trinajstić information content (AvgIpc) is 3.12. The van der Waals surface area contributed by atoms with Crippen molar-refractivity contribution in [1.82, 2.24) is 10.2 Å². The van der Waals surface area contributed by atoms with Crippen molar-refractivity contribution < 1.29 is 14.3 Å². The molecule has 0 spiro atoms. The van der Waals surface area contributed by atoms with Crippen LogP contribution in [0.25, 0.3) is 0 Å². The summed E-state index contributed by atoms with van der Waals surface area (Å²) in [6, 6.07) is 13.9. The minimum atomic E-state index is -0.0860. The van der Waals surface area contributed by atoms with Gasteiger partial charge in [0.1, 0.15) is 11.5 Å². The van der Waals surface area contributed by atoms with Crippen molar-refractivity contribution in [2.75, 3.05) is 7.11 Å². The zero-order valence-corrected chi connectivity index (χ0v) is 17.7. The normalized spacial score (nSPS) is 12.1. The second-order valence-electron chi connectivity index (χ2n) is 7.59. The van der Waals surface area contributed by atoms with Crippen LogP contribution in [0, 0.1) is 6.92 Å². The van der Waals surface area contributed by atoms with Gasteiger partial charge in [0.2, 0.25) is 0 Å². The van der Waals surface area contributed by atoms with Gasteiger partial charge in [0, 0.05) is 24.1 Å². The molecule has 3 rings (SSSR count). The van der Waals surface area contributed by atoms with Gasteiger partial charge in [0.25, 0.3) is 0 Å².